The number of nitrogens with two attached hydrogens (primary N) is 1. The summed E-state index contributed by atoms with van der Waals surface area (Å²) in [5, 5.41) is 3.08. The van der Waals surface area contributed by atoms with Crippen LogP contribution >= 0.6 is 11.6 Å². The van der Waals surface area contributed by atoms with Gasteiger partial charge in [0.2, 0.25) is 0 Å². The highest BCUT2D eigenvalue weighted by Crippen LogP contribution is 2.31. The number of nitrogens with zero attached hydrogens (tertiary/aromatic N) is 4. The number of aliphatic imine (C=N–C) groups is 1. The summed E-state index contributed by atoms with van der Waals surface area (Å²) in [6.45, 7) is 0. The van der Waals surface area contributed by atoms with Gasteiger partial charge in [0.25, 0.3) is 0 Å². The number of rotatable bonds is 4. The molecule has 3 aromatic rings. The Balaban J connectivity index is 2.37. The molecule has 0 fully saturated rings. The van der Waals surface area contributed by atoms with Crippen molar-refractivity contribution in [1.29, 1.82) is 0 Å². The SMILES string of the molecule is CN=CC(=CN)Nc1nc(=O)n(-c2ccccc2Cl)c2nc(C(F)(F)F)ccc12. The van der Waals surface area contributed by atoms with Gasteiger partial charge in [0.15, 0.2) is 5.65 Å². The minimum atomic E-state index is -4.70. The maximum absolute atomic E-state index is 13.2. The number of benzene rings is 1. The molecule has 0 unspecified atom stereocenters. The molecule has 0 atom stereocenters. The molecule has 0 aliphatic rings. The summed E-state index contributed by atoms with van der Waals surface area (Å²) in [7, 11) is 1.50. The van der Waals surface area contributed by atoms with Crippen LogP contribution in [-0.4, -0.2) is 27.8 Å². The molecular weight excluding hydrogens is 409 g/mol. The Morgan fingerprint density at radius 3 is 2.59 bits per heavy atom. The minimum absolute atomic E-state index is 0.0221. The molecule has 0 saturated heterocycles. The maximum atomic E-state index is 13.2. The molecule has 7 nitrogen and oxygen atoms in total. The van der Waals surface area contributed by atoms with E-state index in [0.717, 1.165) is 10.6 Å². The van der Waals surface area contributed by atoms with Gasteiger partial charge in [-0.25, -0.2) is 14.3 Å². The number of halogens is 4. The van der Waals surface area contributed by atoms with Gasteiger partial charge in [-0.2, -0.15) is 18.2 Å². The fourth-order valence-corrected chi connectivity index (χ4v) is 2.82. The van der Waals surface area contributed by atoms with Gasteiger partial charge >= 0.3 is 11.9 Å². The van der Waals surface area contributed by atoms with Crippen LogP contribution in [0.4, 0.5) is 19.0 Å². The van der Waals surface area contributed by atoms with E-state index >= 15 is 0 Å². The highest BCUT2D eigenvalue weighted by atomic mass is 35.5. The first-order chi connectivity index (χ1) is 13.8. The lowest BCUT2D eigenvalue weighted by Gasteiger charge is -2.15. The molecular formula is C18H14ClF3N6O. The summed E-state index contributed by atoms with van der Waals surface area (Å²) < 4.78 is 40.7. The molecule has 0 radical (unpaired) electrons. The van der Waals surface area contributed by atoms with Crippen LogP contribution in [0.5, 0.6) is 0 Å². The molecule has 0 aliphatic carbocycles. The quantitative estimate of drug-likeness (QED) is 0.628. The summed E-state index contributed by atoms with van der Waals surface area (Å²) in [5.74, 6) is -0.0221. The smallest absolute Gasteiger partial charge is 0.403 e. The van der Waals surface area contributed by atoms with Gasteiger partial charge in [-0.1, -0.05) is 23.7 Å². The maximum Gasteiger partial charge on any atom is 0.433 e. The van der Waals surface area contributed by atoms with Gasteiger partial charge in [-0.15, -0.1) is 0 Å². The topological polar surface area (TPSA) is 98.2 Å². The first-order valence-corrected chi connectivity index (χ1v) is 8.51. The summed E-state index contributed by atoms with van der Waals surface area (Å²) in [6.07, 6.45) is -2.16. The van der Waals surface area contributed by atoms with Crippen LogP contribution in [-0.2, 0) is 6.18 Å². The van der Waals surface area contributed by atoms with Crippen LogP contribution in [0, 0.1) is 0 Å². The number of anilines is 1. The van der Waals surface area contributed by atoms with Crippen LogP contribution < -0.4 is 16.7 Å². The molecule has 29 heavy (non-hydrogen) atoms. The molecule has 2 heterocycles. The molecule has 3 rings (SSSR count). The number of hydrogen-bond donors (Lipinski definition) is 2. The van der Waals surface area contributed by atoms with E-state index in [4.69, 9.17) is 17.3 Å². The lowest BCUT2D eigenvalue weighted by Crippen LogP contribution is -2.25. The number of fused-ring (bicyclic) bond motifs is 1. The second kappa shape index (κ2) is 7.92. The third-order valence-electron chi connectivity index (χ3n) is 3.84. The van der Waals surface area contributed by atoms with Gasteiger partial charge < -0.3 is 11.1 Å². The van der Waals surface area contributed by atoms with Crippen molar-refractivity contribution in [2.24, 2.45) is 10.7 Å². The van der Waals surface area contributed by atoms with Crippen LogP contribution in [0.15, 0.2) is 58.1 Å². The molecule has 0 spiro atoms. The van der Waals surface area contributed by atoms with E-state index in [9.17, 15) is 18.0 Å². The van der Waals surface area contributed by atoms with Crippen LogP contribution in [0.1, 0.15) is 5.69 Å². The van der Waals surface area contributed by atoms with Gasteiger partial charge in [0.1, 0.15) is 11.5 Å². The van der Waals surface area contributed by atoms with Crippen molar-refractivity contribution in [3.05, 3.63) is 69.5 Å². The van der Waals surface area contributed by atoms with Gasteiger partial charge in [-0.05, 0) is 24.3 Å². The van der Waals surface area contributed by atoms with Crippen LogP contribution in [0.3, 0.4) is 0 Å². The predicted octanol–water partition coefficient (Wildman–Crippen LogP) is 3.37. The van der Waals surface area contributed by atoms with Crippen molar-refractivity contribution in [3.63, 3.8) is 0 Å². The standard InChI is InChI=1S/C18H14ClF3N6O/c1-24-9-10(8-23)25-15-11-6-7-14(18(20,21)22)26-16(11)28(17(29)27-15)13-5-3-2-4-12(13)19/h2-9H,23H2,1H3,(H,25,27,29). The zero-order valence-electron chi connectivity index (χ0n) is 14.9. The zero-order chi connectivity index (χ0) is 21.2. The van der Waals surface area contributed by atoms with Crippen molar-refractivity contribution >= 4 is 34.7 Å². The molecule has 0 saturated carbocycles. The van der Waals surface area contributed by atoms with Crippen molar-refractivity contribution in [3.8, 4) is 5.69 Å². The molecule has 11 heteroatoms. The van der Waals surface area contributed by atoms with E-state index in [1.807, 2.05) is 0 Å². The number of nitrogens with one attached hydrogen (secondary N) is 1. The third-order valence-corrected chi connectivity index (χ3v) is 4.15. The van der Waals surface area contributed by atoms with Crippen molar-refractivity contribution in [2.75, 3.05) is 12.4 Å². The Labute approximate surface area is 167 Å². The van der Waals surface area contributed by atoms with E-state index in [0.29, 0.717) is 0 Å². The monoisotopic (exact) mass is 422 g/mol. The average molecular weight is 423 g/mol. The molecule has 0 bridgehead atoms. The normalized spacial score (nSPS) is 12.7. The van der Waals surface area contributed by atoms with Gasteiger partial charge in [-0.3, -0.25) is 4.99 Å². The fourth-order valence-electron chi connectivity index (χ4n) is 2.60. The lowest BCUT2D eigenvalue weighted by atomic mass is 10.2. The third kappa shape index (κ3) is 4.06. The minimum Gasteiger partial charge on any atom is -0.403 e. The summed E-state index contributed by atoms with van der Waals surface area (Å²) in [4.78, 5) is 24.2. The van der Waals surface area contributed by atoms with E-state index in [1.165, 1.54) is 37.7 Å². The highest BCUT2D eigenvalue weighted by Gasteiger charge is 2.33. The Bertz CT molecular complexity index is 1190. The lowest BCUT2D eigenvalue weighted by molar-refractivity contribution is -0.141. The fraction of sp³-hybridized carbons (Fsp3) is 0.111. The summed E-state index contributed by atoms with van der Waals surface area (Å²) >= 11 is 6.15. The van der Waals surface area contributed by atoms with Crippen LogP contribution in [0.2, 0.25) is 5.02 Å². The number of pyridine rings is 1. The van der Waals surface area contributed by atoms with E-state index in [1.54, 1.807) is 12.1 Å². The van der Waals surface area contributed by atoms with E-state index in [-0.39, 0.29) is 33.3 Å². The predicted molar refractivity (Wildman–Crippen MR) is 105 cm³/mol. The number of aromatic nitrogens is 3. The Kier molecular flexibility index (Phi) is 5.55. The van der Waals surface area contributed by atoms with Gasteiger partial charge in [0, 0.05) is 19.5 Å². The first kappa shape index (κ1) is 20.3. The largest absolute Gasteiger partial charge is 0.433 e. The van der Waals surface area contributed by atoms with E-state index < -0.39 is 17.6 Å². The second-order valence-corrected chi connectivity index (χ2v) is 6.14. The number of alkyl halides is 3. The molecule has 150 valence electrons. The average Bonchev–Trinajstić information content (AvgIpc) is 2.67. The molecule has 2 aromatic heterocycles. The van der Waals surface area contributed by atoms with Crippen LogP contribution in [0.25, 0.3) is 16.7 Å². The number of allylic oxidation sites excluding steroid dienone is 1. The van der Waals surface area contributed by atoms with E-state index in [2.05, 4.69) is 20.3 Å². The summed E-state index contributed by atoms with van der Waals surface area (Å²) in [6, 6.07) is 8.17. The number of hydrogen-bond acceptors (Lipinski definition) is 6. The molecule has 3 N–H and O–H groups in total. The summed E-state index contributed by atoms with van der Waals surface area (Å²) in [5.41, 5.74) is 3.65. The second-order valence-electron chi connectivity index (χ2n) is 5.73. The molecule has 0 aliphatic heterocycles. The van der Waals surface area contributed by atoms with Crippen molar-refractivity contribution < 1.29 is 13.2 Å². The first-order valence-electron chi connectivity index (χ1n) is 8.13. The molecule has 1 aromatic carbocycles. The highest BCUT2D eigenvalue weighted by molar-refractivity contribution is 6.32. The Morgan fingerprint density at radius 2 is 1.97 bits per heavy atom. The van der Waals surface area contributed by atoms with Gasteiger partial charge in [0.05, 0.1) is 21.8 Å². The van der Waals surface area contributed by atoms with Crippen molar-refractivity contribution in [1.82, 2.24) is 14.5 Å². The zero-order valence-corrected chi connectivity index (χ0v) is 15.7. The Hall–Kier alpha value is -3.40. The number of para-hydroxylation sites is 1. The Morgan fingerprint density at radius 1 is 1.24 bits per heavy atom. The van der Waals surface area contributed by atoms with Crippen molar-refractivity contribution in [2.45, 2.75) is 6.18 Å². The molecule has 0 amide bonds.